The van der Waals surface area contributed by atoms with Crippen LogP contribution in [-0.4, -0.2) is 0 Å². The fraction of sp³-hybridized carbons (Fsp3) is 0.0588. The second kappa shape index (κ2) is 14.6. The minimum absolute atomic E-state index is 0.126. The summed E-state index contributed by atoms with van der Waals surface area (Å²) in [6, 6.07) is 89.2. The van der Waals surface area contributed by atoms with Gasteiger partial charge in [0.1, 0.15) is 0 Å². The van der Waals surface area contributed by atoms with E-state index in [-0.39, 0.29) is 5.41 Å². The van der Waals surface area contributed by atoms with E-state index in [1.165, 1.54) is 120 Å². The average molecular weight is 908 g/mol. The first-order chi connectivity index (χ1) is 34.5. The maximum absolute atomic E-state index is 2.50. The highest BCUT2D eigenvalue weighted by Crippen LogP contribution is 2.63. The second-order valence-electron chi connectivity index (χ2n) is 19.9. The summed E-state index contributed by atoms with van der Waals surface area (Å²) in [5.41, 5.74) is 23.8. The molecule has 0 radical (unpaired) electrons. The number of benzene rings is 11. The molecular weight excluding hydrogens is 863 g/mol. The van der Waals surface area contributed by atoms with E-state index in [1.54, 1.807) is 0 Å². The number of anilines is 3. The standard InChI is InChI=1S/C68H45NS/c1-67(2)58-22-10-8-21-55(58)65-56(40-45-15-3-4-16-49(45)66(65)67)43-29-34-47(35-30-43)69(46-32-27-42(28-33-46)44-31-38-64-57(39-44)54-20-9-14-26-63(54)70-64)48-36-37-53-52-19-7-13-25-61(52)68(62(53)41-48)59-23-11-5-17-50(59)51-18-6-12-24-60(51)68/h3-41H,1-2H3. The van der Waals surface area contributed by atoms with Crippen molar-refractivity contribution in [3.05, 3.63) is 270 Å². The molecule has 328 valence electrons. The molecule has 70 heavy (non-hydrogen) atoms. The monoisotopic (exact) mass is 907 g/mol. The van der Waals surface area contributed by atoms with Gasteiger partial charge < -0.3 is 4.90 Å². The molecule has 15 rings (SSSR count). The summed E-state index contributed by atoms with van der Waals surface area (Å²) in [6.45, 7) is 4.79. The smallest absolute Gasteiger partial charge is 0.0726 e. The summed E-state index contributed by atoms with van der Waals surface area (Å²) in [7, 11) is 0. The SMILES string of the molecule is CC1(C)c2ccccc2-c2c(-c3ccc(N(c4ccc(-c5ccc6sc7ccccc7c6c5)cc4)c4ccc5c(c4)C4(c6ccccc6-c6ccccc64)c4ccccc4-5)cc3)cc3ccccc3c21. The van der Waals surface area contributed by atoms with E-state index in [0.29, 0.717) is 0 Å². The molecule has 1 heterocycles. The maximum atomic E-state index is 2.50. The summed E-state index contributed by atoms with van der Waals surface area (Å²) in [4.78, 5) is 2.47. The number of fused-ring (bicyclic) bond motifs is 18. The van der Waals surface area contributed by atoms with Gasteiger partial charge in [-0.25, -0.2) is 0 Å². The Morgan fingerprint density at radius 3 is 1.50 bits per heavy atom. The molecule has 1 spiro atoms. The lowest BCUT2D eigenvalue weighted by Crippen LogP contribution is -2.26. The van der Waals surface area contributed by atoms with Crippen molar-refractivity contribution in [2.45, 2.75) is 24.7 Å². The van der Waals surface area contributed by atoms with Crippen molar-refractivity contribution >= 4 is 59.3 Å². The molecule has 0 unspecified atom stereocenters. The summed E-state index contributed by atoms with van der Waals surface area (Å²) in [5.74, 6) is 0. The quantitative estimate of drug-likeness (QED) is 0.166. The van der Waals surface area contributed by atoms with Crippen molar-refractivity contribution in [1.82, 2.24) is 0 Å². The molecular formula is C68H45NS. The topological polar surface area (TPSA) is 3.24 Å². The molecule has 0 aliphatic heterocycles. The van der Waals surface area contributed by atoms with Crippen molar-refractivity contribution in [3.8, 4) is 55.6 Å². The number of hydrogen-bond acceptors (Lipinski definition) is 2. The molecule has 11 aromatic carbocycles. The van der Waals surface area contributed by atoms with Crippen LogP contribution in [-0.2, 0) is 10.8 Å². The Bertz CT molecular complexity index is 4090. The minimum atomic E-state index is -0.445. The van der Waals surface area contributed by atoms with Gasteiger partial charge in [-0.1, -0.05) is 190 Å². The molecule has 0 N–H and O–H groups in total. The van der Waals surface area contributed by atoms with E-state index >= 15 is 0 Å². The fourth-order valence-corrected chi connectivity index (χ4v) is 14.1. The molecule has 3 aliphatic carbocycles. The lowest BCUT2D eigenvalue weighted by molar-refractivity contribution is 0.666. The van der Waals surface area contributed by atoms with Crippen LogP contribution in [0.5, 0.6) is 0 Å². The maximum Gasteiger partial charge on any atom is 0.0726 e. The van der Waals surface area contributed by atoms with Crippen molar-refractivity contribution in [1.29, 1.82) is 0 Å². The van der Waals surface area contributed by atoms with Gasteiger partial charge in [0, 0.05) is 42.6 Å². The number of thiophene rings is 1. The highest BCUT2D eigenvalue weighted by Gasteiger charge is 2.51. The van der Waals surface area contributed by atoms with Crippen LogP contribution < -0.4 is 4.90 Å². The van der Waals surface area contributed by atoms with Crippen molar-refractivity contribution < 1.29 is 0 Å². The first-order valence-corrected chi connectivity index (χ1v) is 25.3. The number of nitrogens with zero attached hydrogens (tertiary/aromatic N) is 1. The molecule has 0 bridgehead atoms. The lowest BCUT2D eigenvalue weighted by Gasteiger charge is -2.32. The zero-order valence-corrected chi connectivity index (χ0v) is 39.7. The van der Waals surface area contributed by atoms with Crippen LogP contribution in [0.3, 0.4) is 0 Å². The van der Waals surface area contributed by atoms with Crippen LogP contribution in [0.25, 0.3) is 86.6 Å². The molecule has 0 atom stereocenters. The molecule has 1 nitrogen and oxygen atoms in total. The van der Waals surface area contributed by atoms with Gasteiger partial charge in [-0.15, -0.1) is 11.3 Å². The third-order valence-corrected chi connectivity index (χ3v) is 17.2. The zero-order valence-electron chi connectivity index (χ0n) is 38.9. The highest BCUT2D eigenvalue weighted by molar-refractivity contribution is 7.25. The van der Waals surface area contributed by atoms with Crippen LogP contribution in [0, 0.1) is 0 Å². The Hall–Kier alpha value is -8.30. The van der Waals surface area contributed by atoms with Gasteiger partial charge in [-0.3, -0.25) is 0 Å². The summed E-state index contributed by atoms with van der Waals surface area (Å²) < 4.78 is 2.65. The molecule has 0 amide bonds. The Morgan fingerprint density at radius 2 is 0.829 bits per heavy atom. The third-order valence-electron chi connectivity index (χ3n) is 16.1. The van der Waals surface area contributed by atoms with Gasteiger partial charge in [-0.05, 0) is 160 Å². The van der Waals surface area contributed by atoms with Crippen LogP contribution in [0.2, 0.25) is 0 Å². The molecule has 12 aromatic rings. The predicted octanol–water partition coefficient (Wildman–Crippen LogP) is 18.7. The Labute approximate surface area is 412 Å². The largest absolute Gasteiger partial charge is 0.310 e. The van der Waals surface area contributed by atoms with Gasteiger partial charge >= 0.3 is 0 Å². The van der Waals surface area contributed by atoms with Crippen molar-refractivity contribution in [2.75, 3.05) is 4.90 Å². The number of rotatable bonds is 5. The zero-order chi connectivity index (χ0) is 46.3. The normalized spacial score (nSPS) is 14.1. The summed E-state index contributed by atoms with van der Waals surface area (Å²) in [5, 5.41) is 5.25. The minimum Gasteiger partial charge on any atom is -0.310 e. The molecule has 0 fully saturated rings. The fourth-order valence-electron chi connectivity index (χ4n) is 13.1. The number of hydrogen-bond donors (Lipinski definition) is 0. The van der Waals surface area contributed by atoms with E-state index in [2.05, 4.69) is 255 Å². The first kappa shape index (κ1) is 39.7. The Kier molecular flexibility index (Phi) is 8.28. The average Bonchev–Trinajstić information content (AvgIpc) is 4.11. The van der Waals surface area contributed by atoms with Gasteiger partial charge in [0.25, 0.3) is 0 Å². The molecule has 2 heteroatoms. The van der Waals surface area contributed by atoms with Gasteiger partial charge in [0.05, 0.1) is 5.41 Å². The van der Waals surface area contributed by atoms with Crippen LogP contribution in [0.4, 0.5) is 17.1 Å². The second-order valence-corrected chi connectivity index (χ2v) is 21.0. The predicted molar refractivity (Wildman–Crippen MR) is 296 cm³/mol. The Morgan fingerprint density at radius 1 is 0.329 bits per heavy atom. The highest BCUT2D eigenvalue weighted by atomic mass is 32.1. The van der Waals surface area contributed by atoms with E-state index < -0.39 is 5.41 Å². The van der Waals surface area contributed by atoms with Crippen LogP contribution in [0.15, 0.2) is 237 Å². The third kappa shape index (κ3) is 5.37. The van der Waals surface area contributed by atoms with Gasteiger partial charge in [0.2, 0.25) is 0 Å². The molecule has 0 saturated heterocycles. The van der Waals surface area contributed by atoms with Crippen LogP contribution >= 0.6 is 11.3 Å². The van der Waals surface area contributed by atoms with E-state index in [4.69, 9.17) is 0 Å². The van der Waals surface area contributed by atoms with Crippen molar-refractivity contribution in [2.24, 2.45) is 0 Å². The van der Waals surface area contributed by atoms with E-state index in [9.17, 15) is 0 Å². The Balaban J connectivity index is 0.917. The van der Waals surface area contributed by atoms with E-state index in [1.807, 2.05) is 11.3 Å². The van der Waals surface area contributed by atoms with Gasteiger partial charge in [0.15, 0.2) is 0 Å². The van der Waals surface area contributed by atoms with E-state index in [0.717, 1.165) is 17.1 Å². The first-order valence-electron chi connectivity index (χ1n) is 24.5. The van der Waals surface area contributed by atoms with Gasteiger partial charge in [-0.2, -0.15) is 0 Å². The molecule has 1 aromatic heterocycles. The van der Waals surface area contributed by atoms with Crippen molar-refractivity contribution in [3.63, 3.8) is 0 Å². The summed E-state index contributed by atoms with van der Waals surface area (Å²) >= 11 is 1.87. The van der Waals surface area contributed by atoms with Crippen LogP contribution in [0.1, 0.15) is 47.2 Å². The molecule has 3 aliphatic rings. The molecule has 0 saturated carbocycles. The lowest BCUT2D eigenvalue weighted by atomic mass is 9.70. The summed E-state index contributed by atoms with van der Waals surface area (Å²) in [6.07, 6.45) is 0.